The summed E-state index contributed by atoms with van der Waals surface area (Å²) in [5.74, 6) is -15.5. The SMILES string of the molecule is O=CC1OC(=O)c2cc(O)c(O)c(O)c2-c2c(cc(O)c(O)c2O)C(=O)OC1C(OC(=O)c1cc(O)c(O)c(O)c1)C(O)CO. The van der Waals surface area contributed by atoms with Crippen molar-refractivity contribution >= 4 is 24.2 Å². The molecule has 0 fully saturated rings. The third-order valence-electron chi connectivity index (χ3n) is 6.58. The molecule has 11 N–H and O–H groups in total. The number of aromatic hydroxyl groups is 9. The number of phenols is 9. The minimum Gasteiger partial charge on any atom is -0.504 e. The van der Waals surface area contributed by atoms with Gasteiger partial charge in [0.05, 0.1) is 23.3 Å². The maximum Gasteiger partial charge on any atom is 0.339 e. The average molecular weight is 634 g/mol. The fraction of sp³-hybridized carbons (Fsp3) is 0.185. The molecule has 0 spiro atoms. The Labute approximate surface area is 249 Å². The number of carbonyl (C=O) groups is 4. The first-order valence-corrected chi connectivity index (χ1v) is 12.3. The first-order chi connectivity index (χ1) is 21.1. The molecule has 1 heterocycles. The van der Waals surface area contributed by atoms with E-state index in [4.69, 9.17) is 14.2 Å². The van der Waals surface area contributed by atoms with E-state index in [0.717, 1.165) is 0 Å². The standard InChI is InChI=1S/C27H22O18/c28-5-14(34)23(44-25(40)7-1-10(30)18(35)11(31)2-7)24-15(6-29)43-26(41)8-3-12(32)19(36)21(38)16(8)17-9(27(42)45-24)4-13(33)20(37)22(17)39/h1-4,6,14-15,23-24,28,30-39H,5H2. The number of aldehydes is 1. The second kappa shape index (κ2) is 11.9. The molecule has 0 saturated carbocycles. The van der Waals surface area contributed by atoms with Crippen molar-refractivity contribution in [2.75, 3.05) is 6.61 Å². The summed E-state index contributed by atoms with van der Waals surface area (Å²) >= 11 is 0. The van der Waals surface area contributed by atoms with Crippen molar-refractivity contribution in [1.29, 1.82) is 0 Å². The lowest BCUT2D eigenvalue weighted by molar-refractivity contribution is -0.141. The number of esters is 3. The summed E-state index contributed by atoms with van der Waals surface area (Å²) in [5, 5.41) is 111. The second-order valence-electron chi connectivity index (χ2n) is 9.39. The summed E-state index contributed by atoms with van der Waals surface area (Å²) in [6, 6.07) is 2.16. The van der Waals surface area contributed by atoms with Crippen molar-refractivity contribution in [3.8, 4) is 62.9 Å². The molecule has 0 bridgehead atoms. The first-order valence-electron chi connectivity index (χ1n) is 12.3. The third-order valence-corrected chi connectivity index (χ3v) is 6.58. The van der Waals surface area contributed by atoms with Crippen LogP contribution in [0.5, 0.6) is 51.7 Å². The highest BCUT2D eigenvalue weighted by Crippen LogP contribution is 2.53. The molecule has 1 aliphatic rings. The highest BCUT2D eigenvalue weighted by Gasteiger charge is 2.45. The van der Waals surface area contributed by atoms with E-state index in [1.54, 1.807) is 0 Å². The van der Waals surface area contributed by atoms with Crippen LogP contribution in [0.15, 0.2) is 24.3 Å². The van der Waals surface area contributed by atoms with Gasteiger partial charge in [-0.25, -0.2) is 14.4 Å². The number of hydrogen-bond donors (Lipinski definition) is 11. The molecule has 0 saturated heterocycles. The molecule has 45 heavy (non-hydrogen) atoms. The number of ether oxygens (including phenoxy) is 3. The lowest BCUT2D eigenvalue weighted by atomic mass is 9.91. The van der Waals surface area contributed by atoms with E-state index in [9.17, 15) is 75.3 Å². The van der Waals surface area contributed by atoms with Crippen LogP contribution in [-0.4, -0.2) is 111 Å². The summed E-state index contributed by atoms with van der Waals surface area (Å²) < 4.78 is 15.4. The Morgan fingerprint density at radius 3 is 1.62 bits per heavy atom. The van der Waals surface area contributed by atoms with Gasteiger partial charge in [0.25, 0.3) is 0 Å². The summed E-state index contributed by atoms with van der Waals surface area (Å²) in [7, 11) is 0. The Balaban J connectivity index is 1.93. The van der Waals surface area contributed by atoms with Crippen molar-refractivity contribution in [3.63, 3.8) is 0 Å². The summed E-state index contributed by atoms with van der Waals surface area (Å²) in [6.07, 6.45) is -9.44. The van der Waals surface area contributed by atoms with Crippen LogP contribution in [0.4, 0.5) is 0 Å². The zero-order valence-electron chi connectivity index (χ0n) is 22.2. The maximum atomic E-state index is 13.5. The average Bonchev–Trinajstić information content (AvgIpc) is 3.00. The number of fused-ring (bicyclic) bond motifs is 3. The molecular weight excluding hydrogens is 612 g/mol. The van der Waals surface area contributed by atoms with Crippen LogP contribution in [0.3, 0.4) is 0 Å². The van der Waals surface area contributed by atoms with E-state index in [1.165, 1.54) is 0 Å². The molecule has 0 amide bonds. The quantitative estimate of drug-likeness (QED) is 0.0707. The molecule has 4 atom stereocenters. The van der Waals surface area contributed by atoms with E-state index < -0.39 is 128 Å². The van der Waals surface area contributed by atoms with Gasteiger partial charge in [0.2, 0.25) is 11.5 Å². The molecule has 238 valence electrons. The fourth-order valence-electron chi connectivity index (χ4n) is 4.37. The van der Waals surface area contributed by atoms with Crippen molar-refractivity contribution in [3.05, 3.63) is 41.0 Å². The van der Waals surface area contributed by atoms with Crippen molar-refractivity contribution in [2.45, 2.75) is 24.4 Å². The van der Waals surface area contributed by atoms with Gasteiger partial charge < -0.3 is 70.4 Å². The maximum absolute atomic E-state index is 13.5. The van der Waals surface area contributed by atoms with Crippen LogP contribution in [-0.2, 0) is 19.0 Å². The Morgan fingerprint density at radius 1 is 0.733 bits per heavy atom. The fourth-order valence-corrected chi connectivity index (χ4v) is 4.37. The van der Waals surface area contributed by atoms with Gasteiger partial charge in [-0.15, -0.1) is 0 Å². The van der Waals surface area contributed by atoms with E-state index in [2.05, 4.69) is 0 Å². The Kier molecular flexibility index (Phi) is 8.38. The van der Waals surface area contributed by atoms with Crippen LogP contribution in [0.25, 0.3) is 11.1 Å². The molecular formula is C27H22O18. The molecule has 0 radical (unpaired) electrons. The van der Waals surface area contributed by atoms with Crippen LogP contribution in [0.2, 0.25) is 0 Å². The lowest BCUT2D eigenvalue weighted by Crippen LogP contribution is -2.52. The second-order valence-corrected chi connectivity index (χ2v) is 9.39. The highest BCUT2D eigenvalue weighted by molar-refractivity contribution is 6.08. The number of aliphatic hydroxyl groups is 2. The van der Waals surface area contributed by atoms with Gasteiger partial charge in [-0.05, 0) is 24.3 Å². The van der Waals surface area contributed by atoms with Gasteiger partial charge in [0.1, 0.15) is 6.10 Å². The van der Waals surface area contributed by atoms with E-state index in [0.29, 0.717) is 24.3 Å². The van der Waals surface area contributed by atoms with Gasteiger partial charge in [-0.2, -0.15) is 0 Å². The van der Waals surface area contributed by atoms with Crippen molar-refractivity contribution in [2.24, 2.45) is 0 Å². The summed E-state index contributed by atoms with van der Waals surface area (Å²) in [5.41, 5.74) is -4.55. The minimum absolute atomic E-state index is 0.174. The zero-order chi connectivity index (χ0) is 33.5. The van der Waals surface area contributed by atoms with Gasteiger partial charge >= 0.3 is 17.9 Å². The number of cyclic esters (lactones) is 2. The van der Waals surface area contributed by atoms with Gasteiger partial charge in [0, 0.05) is 11.1 Å². The number of aliphatic hydroxyl groups excluding tert-OH is 2. The van der Waals surface area contributed by atoms with E-state index in [-0.39, 0.29) is 6.29 Å². The lowest BCUT2D eigenvalue weighted by Gasteiger charge is -2.33. The predicted molar refractivity (Wildman–Crippen MR) is 140 cm³/mol. The molecule has 1 aliphatic heterocycles. The van der Waals surface area contributed by atoms with E-state index >= 15 is 0 Å². The number of hydrogen-bond acceptors (Lipinski definition) is 18. The van der Waals surface area contributed by atoms with Gasteiger partial charge in [0.15, 0.2) is 64.8 Å². The normalized spacial score (nSPS) is 17.6. The van der Waals surface area contributed by atoms with Crippen LogP contribution in [0, 0.1) is 0 Å². The molecule has 3 aromatic carbocycles. The van der Waals surface area contributed by atoms with Gasteiger partial charge in [-0.1, -0.05) is 0 Å². The summed E-state index contributed by atoms with van der Waals surface area (Å²) in [4.78, 5) is 51.9. The van der Waals surface area contributed by atoms with Gasteiger partial charge in [-0.3, -0.25) is 4.79 Å². The molecule has 4 rings (SSSR count). The molecule has 4 unspecified atom stereocenters. The van der Waals surface area contributed by atoms with E-state index in [1.807, 2.05) is 0 Å². The van der Waals surface area contributed by atoms with Crippen molar-refractivity contribution < 1.29 is 89.6 Å². The third kappa shape index (κ3) is 5.53. The molecule has 18 nitrogen and oxygen atoms in total. The molecule has 3 aromatic rings. The number of carbonyl (C=O) groups excluding carboxylic acids is 4. The Hall–Kier alpha value is -6.14. The first kappa shape index (κ1) is 31.8. The monoisotopic (exact) mass is 634 g/mol. The summed E-state index contributed by atoms with van der Waals surface area (Å²) in [6.45, 7) is -1.26. The zero-order valence-corrected chi connectivity index (χ0v) is 22.2. The molecule has 18 heteroatoms. The number of phenolic OH excluding ortho intramolecular Hbond substituents is 9. The number of benzene rings is 3. The molecule has 0 aliphatic carbocycles. The minimum atomic E-state index is -2.38. The van der Waals surface area contributed by atoms with Crippen LogP contribution < -0.4 is 0 Å². The van der Waals surface area contributed by atoms with Crippen LogP contribution >= 0.6 is 0 Å². The van der Waals surface area contributed by atoms with Crippen LogP contribution in [0.1, 0.15) is 31.1 Å². The largest absolute Gasteiger partial charge is 0.504 e. The predicted octanol–water partition coefficient (Wildman–Crippen LogP) is -0.454. The molecule has 0 aromatic heterocycles. The topological polar surface area (TPSA) is 318 Å². The highest BCUT2D eigenvalue weighted by atomic mass is 16.6. The smallest absolute Gasteiger partial charge is 0.339 e. The Bertz CT molecular complexity index is 1710. The Morgan fingerprint density at radius 2 is 1.18 bits per heavy atom. The number of rotatable bonds is 6. The van der Waals surface area contributed by atoms with Crippen molar-refractivity contribution in [1.82, 2.24) is 0 Å².